The molecule has 2 amide bonds. The van der Waals surface area contributed by atoms with Crippen LogP contribution in [0, 0.1) is 0 Å². The summed E-state index contributed by atoms with van der Waals surface area (Å²) < 4.78 is 5.15. The topological polar surface area (TPSA) is 131 Å². The number of methoxy groups -OCH3 is 1. The quantitative estimate of drug-likeness (QED) is 0.380. The molecule has 1 aliphatic heterocycles. The molecule has 0 aliphatic carbocycles. The van der Waals surface area contributed by atoms with E-state index < -0.39 is 12.3 Å². The second-order valence-corrected chi connectivity index (χ2v) is 8.21. The third-order valence-corrected chi connectivity index (χ3v) is 5.76. The molecule has 9 nitrogen and oxygen atoms in total. The Balaban J connectivity index is 1.50. The zero-order valence-corrected chi connectivity index (χ0v) is 19.8. The van der Waals surface area contributed by atoms with Crippen molar-refractivity contribution in [3.63, 3.8) is 0 Å². The number of carbonyl (C=O) groups is 2. The van der Waals surface area contributed by atoms with Gasteiger partial charge in [-0.05, 0) is 48.9 Å². The zero-order valence-electron chi connectivity index (χ0n) is 19.0. The number of halogens is 1. The Bertz CT molecular complexity index is 1250. The first-order chi connectivity index (χ1) is 17.0. The highest BCUT2D eigenvalue weighted by Gasteiger charge is 2.19. The molecule has 0 radical (unpaired) electrons. The maximum absolute atomic E-state index is 13.0. The zero-order chi connectivity index (χ0) is 24.8. The van der Waals surface area contributed by atoms with Gasteiger partial charge in [0.15, 0.2) is 0 Å². The molecule has 3 aromatic rings. The van der Waals surface area contributed by atoms with Crippen LogP contribution in [-0.4, -0.2) is 43.0 Å². The summed E-state index contributed by atoms with van der Waals surface area (Å²) >= 11 is 6.31. The van der Waals surface area contributed by atoms with E-state index in [2.05, 4.69) is 25.9 Å². The van der Waals surface area contributed by atoms with E-state index in [1.54, 1.807) is 30.5 Å². The van der Waals surface area contributed by atoms with Crippen molar-refractivity contribution in [2.75, 3.05) is 24.3 Å². The molecule has 1 aliphatic rings. The number of ether oxygens (including phenoxy) is 1. The van der Waals surface area contributed by atoms with Crippen molar-refractivity contribution in [3.8, 4) is 0 Å². The number of rotatable bonds is 8. The molecular weight excluding hydrogens is 468 g/mol. The first-order valence-corrected chi connectivity index (χ1v) is 11.4. The van der Waals surface area contributed by atoms with Crippen molar-refractivity contribution in [3.05, 3.63) is 88.1 Å². The Hall–Kier alpha value is -3.79. The van der Waals surface area contributed by atoms with E-state index in [0.717, 1.165) is 11.1 Å². The number of nitrogens with two attached hydrogens (primary N) is 1. The lowest BCUT2D eigenvalue weighted by Crippen LogP contribution is -2.30. The molecule has 5 N–H and O–H groups in total. The van der Waals surface area contributed by atoms with Gasteiger partial charge in [-0.15, -0.1) is 0 Å². The molecule has 0 saturated heterocycles. The molecule has 2 heterocycles. The molecule has 0 spiro atoms. The standard InChI is InChI=1S/C25H25ClN6O3/c1-35-25-28-14-17-8-10-20(29-22(17)32-25)24(34)31-21-13-16(7-9-18(21)26)23(33)30-19(11-12-27)15-5-3-2-4-6-15/h2-10,13-14,19,25H,11-12,27H2,1H3,(H,29,32)(H,30,33)(H,31,34). The fourth-order valence-electron chi connectivity index (χ4n) is 3.60. The number of aliphatic imine (C=N–C) groups is 1. The fraction of sp³-hybridized carbons (Fsp3) is 0.200. The van der Waals surface area contributed by atoms with Gasteiger partial charge in [0.1, 0.15) is 11.5 Å². The first-order valence-electron chi connectivity index (χ1n) is 11.0. The predicted octanol–water partition coefficient (Wildman–Crippen LogP) is 3.58. The average Bonchev–Trinajstić information content (AvgIpc) is 2.89. The van der Waals surface area contributed by atoms with Gasteiger partial charge in [-0.2, -0.15) is 0 Å². The first kappa shape index (κ1) is 24.3. The lowest BCUT2D eigenvalue weighted by atomic mass is 10.0. The van der Waals surface area contributed by atoms with Gasteiger partial charge in [0, 0.05) is 24.5 Å². The van der Waals surface area contributed by atoms with Crippen LogP contribution in [0.25, 0.3) is 0 Å². The van der Waals surface area contributed by atoms with Crippen LogP contribution in [0.2, 0.25) is 5.02 Å². The molecule has 180 valence electrons. The predicted molar refractivity (Wildman–Crippen MR) is 136 cm³/mol. The fourth-order valence-corrected chi connectivity index (χ4v) is 3.77. The third kappa shape index (κ3) is 5.83. The number of anilines is 2. The van der Waals surface area contributed by atoms with Crippen molar-refractivity contribution < 1.29 is 14.3 Å². The molecule has 35 heavy (non-hydrogen) atoms. The summed E-state index contributed by atoms with van der Waals surface area (Å²) in [7, 11) is 1.51. The lowest BCUT2D eigenvalue weighted by Gasteiger charge is -2.20. The molecule has 4 rings (SSSR count). The van der Waals surface area contributed by atoms with Crippen molar-refractivity contribution in [2.24, 2.45) is 10.7 Å². The number of carbonyl (C=O) groups excluding carboxylic acids is 2. The highest BCUT2D eigenvalue weighted by molar-refractivity contribution is 6.34. The Morgan fingerprint density at radius 1 is 1.14 bits per heavy atom. The van der Waals surface area contributed by atoms with Crippen LogP contribution in [-0.2, 0) is 4.74 Å². The van der Waals surface area contributed by atoms with Crippen molar-refractivity contribution in [2.45, 2.75) is 18.8 Å². The molecule has 2 atom stereocenters. The summed E-state index contributed by atoms with van der Waals surface area (Å²) in [5.41, 5.74) is 8.26. The van der Waals surface area contributed by atoms with Crippen LogP contribution in [0.1, 0.15) is 44.4 Å². The van der Waals surface area contributed by atoms with Crippen molar-refractivity contribution >= 4 is 41.1 Å². The number of hydrogen-bond donors (Lipinski definition) is 4. The van der Waals surface area contributed by atoms with Gasteiger partial charge in [0.05, 0.1) is 16.8 Å². The molecule has 2 aromatic carbocycles. The summed E-state index contributed by atoms with van der Waals surface area (Å²) in [5, 5.41) is 9.02. The Labute approximate surface area is 207 Å². The van der Waals surface area contributed by atoms with Gasteiger partial charge in [0.2, 0.25) is 6.35 Å². The van der Waals surface area contributed by atoms with Gasteiger partial charge in [-0.25, -0.2) is 9.98 Å². The second kappa shape index (κ2) is 11.1. The second-order valence-electron chi connectivity index (χ2n) is 7.81. The molecule has 1 aromatic heterocycles. The van der Waals surface area contributed by atoms with Gasteiger partial charge in [0.25, 0.3) is 11.8 Å². The van der Waals surface area contributed by atoms with E-state index in [4.69, 9.17) is 22.1 Å². The maximum atomic E-state index is 13.0. The highest BCUT2D eigenvalue weighted by Crippen LogP contribution is 2.25. The molecule has 0 saturated carbocycles. The van der Waals surface area contributed by atoms with Crippen LogP contribution in [0.4, 0.5) is 11.5 Å². The van der Waals surface area contributed by atoms with Crippen LogP contribution < -0.4 is 21.7 Å². The van der Waals surface area contributed by atoms with Gasteiger partial charge >= 0.3 is 0 Å². The minimum absolute atomic E-state index is 0.166. The molecule has 10 heteroatoms. The summed E-state index contributed by atoms with van der Waals surface area (Å²) in [4.78, 5) is 34.4. The normalized spacial score (nSPS) is 15.0. The van der Waals surface area contributed by atoms with E-state index >= 15 is 0 Å². The number of amides is 2. The minimum Gasteiger partial charge on any atom is -0.345 e. The summed E-state index contributed by atoms with van der Waals surface area (Å²) in [5.74, 6) is -0.304. The lowest BCUT2D eigenvalue weighted by molar-refractivity contribution is 0.0934. The van der Waals surface area contributed by atoms with Gasteiger partial charge < -0.3 is 26.4 Å². The van der Waals surface area contributed by atoms with Crippen LogP contribution in [0.3, 0.4) is 0 Å². The molecule has 2 unspecified atom stereocenters. The maximum Gasteiger partial charge on any atom is 0.274 e. The van der Waals surface area contributed by atoms with Crippen molar-refractivity contribution in [1.82, 2.24) is 10.3 Å². The minimum atomic E-state index is -0.572. The average molecular weight is 493 g/mol. The Kier molecular flexibility index (Phi) is 7.71. The monoisotopic (exact) mass is 492 g/mol. The highest BCUT2D eigenvalue weighted by atomic mass is 35.5. The van der Waals surface area contributed by atoms with Gasteiger partial charge in [-0.1, -0.05) is 41.9 Å². The Morgan fingerprint density at radius 3 is 2.69 bits per heavy atom. The molecule has 0 bridgehead atoms. The summed E-state index contributed by atoms with van der Waals surface area (Å²) in [6.45, 7) is 0.418. The van der Waals surface area contributed by atoms with E-state index in [1.807, 2.05) is 30.3 Å². The van der Waals surface area contributed by atoms with E-state index in [1.165, 1.54) is 13.2 Å². The number of fused-ring (bicyclic) bond motifs is 1. The van der Waals surface area contributed by atoms with E-state index in [0.29, 0.717) is 35.1 Å². The Morgan fingerprint density at radius 2 is 1.94 bits per heavy atom. The number of nitrogens with one attached hydrogen (secondary N) is 3. The number of benzene rings is 2. The van der Waals surface area contributed by atoms with Crippen LogP contribution >= 0.6 is 11.6 Å². The number of nitrogens with zero attached hydrogens (tertiary/aromatic N) is 2. The van der Waals surface area contributed by atoms with E-state index in [9.17, 15) is 9.59 Å². The smallest absolute Gasteiger partial charge is 0.274 e. The summed E-state index contributed by atoms with van der Waals surface area (Å²) in [6, 6.07) is 17.4. The number of pyridine rings is 1. The van der Waals surface area contributed by atoms with Crippen LogP contribution in [0.15, 0.2) is 65.7 Å². The molecular formula is C25H25ClN6O3. The number of aromatic nitrogens is 1. The van der Waals surface area contributed by atoms with Crippen LogP contribution in [0.5, 0.6) is 0 Å². The largest absolute Gasteiger partial charge is 0.345 e. The molecule has 0 fully saturated rings. The van der Waals surface area contributed by atoms with E-state index in [-0.39, 0.29) is 17.6 Å². The third-order valence-electron chi connectivity index (χ3n) is 5.43. The SMILES string of the molecule is COC1N=Cc2ccc(C(=O)Nc3cc(C(=O)NC(CCN)c4ccccc4)ccc3Cl)nc2N1. The van der Waals surface area contributed by atoms with Gasteiger partial charge in [-0.3, -0.25) is 9.59 Å². The number of hydrogen-bond acceptors (Lipinski definition) is 7. The van der Waals surface area contributed by atoms with Crippen molar-refractivity contribution in [1.29, 1.82) is 0 Å². The summed E-state index contributed by atoms with van der Waals surface area (Å²) in [6.07, 6.45) is 1.64.